The van der Waals surface area contributed by atoms with Gasteiger partial charge in [-0.25, -0.2) is 4.79 Å². The average molecular weight is 301 g/mol. The molecular formula is C12H13ClN2O5. The minimum absolute atomic E-state index is 0.173. The lowest BCUT2D eigenvalue weighted by atomic mass is 10.1. The van der Waals surface area contributed by atoms with Crippen molar-refractivity contribution in [3.8, 4) is 0 Å². The van der Waals surface area contributed by atoms with Crippen LogP contribution in [-0.4, -0.2) is 34.1 Å². The third-order valence-electron chi connectivity index (χ3n) is 2.48. The summed E-state index contributed by atoms with van der Waals surface area (Å²) >= 11 is 5.87. The van der Waals surface area contributed by atoms with E-state index in [9.17, 15) is 14.4 Å². The minimum atomic E-state index is -1.39. The first-order valence-corrected chi connectivity index (χ1v) is 5.95. The van der Waals surface area contributed by atoms with Crippen molar-refractivity contribution in [2.75, 3.05) is 0 Å². The largest absolute Gasteiger partial charge is 0.481 e. The van der Waals surface area contributed by atoms with Gasteiger partial charge in [-0.2, -0.15) is 0 Å². The maximum atomic E-state index is 11.7. The van der Waals surface area contributed by atoms with Crippen LogP contribution in [0.4, 0.5) is 0 Å². The lowest BCUT2D eigenvalue weighted by Gasteiger charge is -2.18. The number of nitrogens with two attached hydrogens (primary N) is 1. The van der Waals surface area contributed by atoms with Gasteiger partial charge in [-0.3, -0.25) is 9.59 Å². The van der Waals surface area contributed by atoms with Gasteiger partial charge in [-0.1, -0.05) is 29.8 Å². The number of halogens is 1. The van der Waals surface area contributed by atoms with Gasteiger partial charge in [0.25, 0.3) is 0 Å². The lowest BCUT2D eigenvalue weighted by molar-refractivity contribution is -0.142. The summed E-state index contributed by atoms with van der Waals surface area (Å²) in [6.45, 7) is 0. The highest BCUT2D eigenvalue weighted by atomic mass is 35.5. The van der Waals surface area contributed by atoms with E-state index in [0.29, 0.717) is 0 Å². The van der Waals surface area contributed by atoms with E-state index in [0.717, 1.165) is 0 Å². The number of carboxylic acid groups (broad SMARTS) is 2. The summed E-state index contributed by atoms with van der Waals surface area (Å²) in [7, 11) is 0. The fraction of sp³-hybridized carbons (Fsp3) is 0.250. The molecule has 2 atom stereocenters. The summed E-state index contributed by atoms with van der Waals surface area (Å²) in [5.74, 6) is -3.45. The highest BCUT2D eigenvalue weighted by Gasteiger charge is 2.27. The molecule has 108 valence electrons. The maximum absolute atomic E-state index is 11.7. The van der Waals surface area contributed by atoms with Crippen LogP contribution in [0, 0.1) is 0 Å². The predicted octanol–water partition coefficient (Wildman–Crippen LogP) is 0.384. The van der Waals surface area contributed by atoms with Crippen molar-refractivity contribution in [1.82, 2.24) is 5.32 Å². The second kappa shape index (κ2) is 6.88. The van der Waals surface area contributed by atoms with Crippen molar-refractivity contribution in [3.05, 3.63) is 34.9 Å². The van der Waals surface area contributed by atoms with Crippen LogP contribution in [0.5, 0.6) is 0 Å². The fourth-order valence-corrected chi connectivity index (χ4v) is 1.76. The van der Waals surface area contributed by atoms with E-state index < -0.39 is 36.4 Å². The van der Waals surface area contributed by atoms with Gasteiger partial charge in [-0.15, -0.1) is 0 Å². The number of benzene rings is 1. The Bertz CT molecular complexity index is 534. The van der Waals surface area contributed by atoms with Gasteiger partial charge in [0, 0.05) is 10.6 Å². The van der Waals surface area contributed by atoms with Crippen molar-refractivity contribution in [1.29, 1.82) is 0 Å². The molecule has 0 aliphatic carbocycles. The summed E-state index contributed by atoms with van der Waals surface area (Å²) in [6.07, 6.45) is -0.597. The monoisotopic (exact) mass is 300 g/mol. The maximum Gasteiger partial charge on any atom is 0.330 e. The normalized spacial score (nSPS) is 13.3. The number of carbonyl (C=O) groups excluding carboxylic acids is 1. The van der Waals surface area contributed by atoms with Gasteiger partial charge in [0.05, 0.1) is 12.5 Å². The zero-order valence-corrected chi connectivity index (χ0v) is 11.0. The van der Waals surface area contributed by atoms with Crippen LogP contribution >= 0.6 is 11.6 Å². The van der Waals surface area contributed by atoms with Gasteiger partial charge < -0.3 is 21.3 Å². The van der Waals surface area contributed by atoms with Gasteiger partial charge in [0.1, 0.15) is 0 Å². The Labute approximate surface area is 119 Å². The molecule has 0 aromatic heterocycles. The SMILES string of the molecule is NC(CC(=O)O)C(=O)N[C@@H](C(=O)O)c1ccccc1Cl. The quantitative estimate of drug-likeness (QED) is 0.601. The first kappa shape index (κ1) is 15.9. The van der Waals surface area contributed by atoms with Crippen molar-refractivity contribution in [2.45, 2.75) is 18.5 Å². The topological polar surface area (TPSA) is 130 Å². The van der Waals surface area contributed by atoms with Gasteiger partial charge in [0.2, 0.25) is 5.91 Å². The molecule has 1 rings (SSSR count). The van der Waals surface area contributed by atoms with E-state index in [2.05, 4.69) is 5.32 Å². The first-order valence-electron chi connectivity index (χ1n) is 5.58. The fourth-order valence-electron chi connectivity index (χ4n) is 1.51. The smallest absolute Gasteiger partial charge is 0.330 e. The van der Waals surface area contributed by atoms with E-state index >= 15 is 0 Å². The lowest BCUT2D eigenvalue weighted by Crippen LogP contribution is -2.45. The molecule has 0 spiro atoms. The molecule has 0 fully saturated rings. The molecule has 0 saturated carbocycles. The molecule has 1 amide bonds. The van der Waals surface area contributed by atoms with Crippen molar-refractivity contribution in [2.24, 2.45) is 5.73 Å². The standard InChI is InChI=1S/C12H13ClN2O5/c13-7-4-2-1-3-6(7)10(12(19)20)15-11(18)8(14)5-9(16)17/h1-4,8,10H,5,14H2,(H,15,18)(H,16,17)(H,19,20)/t8?,10-/m1/s1. The molecule has 0 aliphatic rings. The van der Waals surface area contributed by atoms with E-state index in [1.54, 1.807) is 12.1 Å². The van der Waals surface area contributed by atoms with Crippen LogP contribution in [0.2, 0.25) is 5.02 Å². The molecule has 5 N–H and O–H groups in total. The van der Waals surface area contributed by atoms with Crippen LogP contribution < -0.4 is 11.1 Å². The predicted molar refractivity (Wildman–Crippen MR) is 70.2 cm³/mol. The third-order valence-corrected chi connectivity index (χ3v) is 2.83. The van der Waals surface area contributed by atoms with E-state index in [1.165, 1.54) is 12.1 Å². The summed E-state index contributed by atoms with van der Waals surface area (Å²) in [5.41, 5.74) is 5.56. The Morgan fingerprint density at radius 1 is 1.25 bits per heavy atom. The second-order valence-corrected chi connectivity index (χ2v) is 4.41. The Balaban J connectivity index is 2.89. The number of aliphatic carboxylic acids is 2. The number of hydrogen-bond acceptors (Lipinski definition) is 4. The number of nitrogens with one attached hydrogen (secondary N) is 1. The molecular weight excluding hydrogens is 288 g/mol. The molecule has 1 unspecified atom stereocenters. The molecule has 0 saturated heterocycles. The van der Waals surface area contributed by atoms with Gasteiger partial charge >= 0.3 is 11.9 Å². The Morgan fingerprint density at radius 3 is 2.35 bits per heavy atom. The third kappa shape index (κ3) is 4.22. The summed E-state index contributed by atoms with van der Waals surface area (Å²) in [5, 5.41) is 20.0. The molecule has 20 heavy (non-hydrogen) atoms. The zero-order valence-electron chi connectivity index (χ0n) is 10.2. The molecule has 8 heteroatoms. The Morgan fingerprint density at radius 2 is 1.85 bits per heavy atom. The highest BCUT2D eigenvalue weighted by Crippen LogP contribution is 2.22. The molecule has 0 radical (unpaired) electrons. The van der Waals surface area contributed by atoms with Crippen LogP contribution in [0.1, 0.15) is 18.0 Å². The zero-order chi connectivity index (χ0) is 15.3. The summed E-state index contributed by atoms with van der Waals surface area (Å²) in [6, 6.07) is 3.39. The molecule has 1 aromatic carbocycles. The first-order chi connectivity index (χ1) is 9.32. The molecule has 0 bridgehead atoms. The van der Waals surface area contributed by atoms with Crippen LogP contribution in [0.3, 0.4) is 0 Å². The number of amides is 1. The summed E-state index contributed by atoms with van der Waals surface area (Å²) < 4.78 is 0. The molecule has 0 heterocycles. The van der Waals surface area contributed by atoms with Crippen LogP contribution in [-0.2, 0) is 14.4 Å². The number of carbonyl (C=O) groups is 3. The Hall–Kier alpha value is -2.12. The number of rotatable bonds is 6. The Kier molecular flexibility index (Phi) is 5.48. The van der Waals surface area contributed by atoms with E-state index in [-0.39, 0.29) is 10.6 Å². The van der Waals surface area contributed by atoms with Crippen molar-refractivity contribution >= 4 is 29.4 Å². The van der Waals surface area contributed by atoms with E-state index in [4.69, 9.17) is 27.5 Å². The van der Waals surface area contributed by atoms with Crippen molar-refractivity contribution in [3.63, 3.8) is 0 Å². The minimum Gasteiger partial charge on any atom is -0.481 e. The van der Waals surface area contributed by atoms with Crippen LogP contribution in [0.15, 0.2) is 24.3 Å². The van der Waals surface area contributed by atoms with E-state index in [1.807, 2.05) is 0 Å². The second-order valence-electron chi connectivity index (χ2n) is 4.01. The number of carboxylic acids is 2. The molecule has 1 aromatic rings. The molecule has 0 aliphatic heterocycles. The van der Waals surface area contributed by atoms with Gasteiger partial charge in [-0.05, 0) is 6.07 Å². The van der Waals surface area contributed by atoms with Crippen LogP contribution in [0.25, 0.3) is 0 Å². The van der Waals surface area contributed by atoms with Crippen molar-refractivity contribution < 1.29 is 24.6 Å². The number of hydrogen-bond donors (Lipinski definition) is 4. The summed E-state index contributed by atoms with van der Waals surface area (Å²) in [4.78, 5) is 33.3. The average Bonchev–Trinajstić information content (AvgIpc) is 2.35. The highest BCUT2D eigenvalue weighted by molar-refractivity contribution is 6.31. The molecule has 7 nitrogen and oxygen atoms in total. The van der Waals surface area contributed by atoms with Gasteiger partial charge in [0.15, 0.2) is 6.04 Å².